The number of hydrogen-bond donors (Lipinski definition) is 1. The molecule has 0 saturated heterocycles. The second-order valence-corrected chi connectivity index (χ2v) is 5.09. The van der Waals surface area contributed by atoms with Crippen molar-refractivity contribution in [1.29, 1.82) is 0 Å². The summed E-state index contributed by atoms with van der Waals surface area (Å²) in [5.74, 6) is 0.880. The Morgan fingerprint density at radius 1 is 1.10 bits per heavy atom. The van der Waals surface area contributed by atoms with Gasteiger partial charge in [-0.05, 0) is 18.2 Å². The lowest BCUT2D eigenvalue weighted by atomic mass is 10.2. The molecule has 0 atom stereocenters. The van der Waals surface area contributed by atoms with Gasteiger partial charge >= 0.3 is 0 Å². The standard InChI is InChI=1S/C17H18FN3/c1-21-16-9-5-4-8-15(16)20-17(21)10-11-19-12-13-6-2-3-7-14(13)18/h2-9,19H,10-12H2,1H3. The lowest BCUT2D eigenvalue weighted by Crippen LogP contribution is -2.18. The minimum Gasteiger partial charge on any atom is -0.331 e. The van der Waals surface area contributed by atoms with Gasteiger partial charge in [-0.15, -0.1) is 0 Å². The van der Waals surface area contributed by atoms with Gasteiger partial charge in [0.25, 0.3) is 0 Å². The first-order valence-corrected chi connectivity index (χ1v) is 7.10. The number of para-hydroxylation sites is 2. The van der Waals surface area contributed by atoms with Crippen LogP contribution >= 0.6 is 0 Å². The molecule has 0 aliphatic rings. The molecule has 1 aromatic heterocycles. The maximum Gasteiger partial charge on any atom is 0.127 e. The molecule has 3 nitrogen and oxygen atoms in total. The fourth-order valence-corrected chi connectivity index (χ4v) is 2.48. The summed E-state index contributed by atoms with van der Waals surface area (Å²) in [4.78, 5) is 4.62. The molecule has 1 N–H and O–H groups in total. The zero-order chi connectivity index (χ0) is 14.7. The molecule has 0 fully saturated rings. The van der Waals surface area contributed by atoms with Crippen molar-refractivity contribution in [3.63, 3.8) is 0 Å². The summed E-state index contributed by atoms with van der Waals surface area (Å²) in [6, 6.07) is 15.0. The molecule has 0 amide bonds. The van der Waals surface area contributed by atoms with Crippen LogP contribution in [0.4, 0.5) is 4.39 Å². The topological polar surface area (TPSA) is 29.9 Å². The molecule has 0 aliphatic carbocycles. The molecule has 21 heavy (non-hydrogen) atoms. The van der Waals surface area contributed by atoms with Crippen LogP contribution in [0, 0.1) is 5.82 Å². The van der Waals surface area contributed by atoms with Crippen LogP contribution in [0.25, 0.3) is 11.0 Å². The molecule has 0 unspecified atom stereocenters. The highest BCUT2D eigenvalue weighted by molar-refractivity contribution is 5.75. The second kappa shape index (κ2) is 6.06. The summed E-state index contributed by atoms with van der Waals surface area (Å²) in [7, 11) is 2.03. The van der Waals surface area contributed by atoms with Gasteiger partial charge in [-0.2, -0.15) is 0 Å². The summed E-state index contributed by atoms with van der Waals surface area (Å²) >= 11 is 0. The van der Waals surface area contributed by atoms with E-state index in [2.05, 4.69) is 20.9 Å². The number of rotatable bonds is 5. The molecule has 0 radical (unpaired) electrons. The third kappa shape index (κ3) is 2.95. The largest absolute Gasteiger partial charge is 0.331 e. The van der Waals surface area contributed by atoms with Crippen LogP contribution in [0.1, 0.15) is 11.4 Å². The van der Waals surface area contributed by atoms with Gasteiger partial charge in [-0.1, -0.05) is 30.3 Å². The van der Waals surface area contributed by atoms with Crippen molar-refractivity contribution in [2.24, 2.45) is 7.05 Å². The summed E-state index contributed by atoms with van der Waals surface area (Å²) in [6.45, 7) is 1.31. The van der Waals surface area contributed by atoms with Crippen LogP contribution in [-0.4, -0.2) is 16.1 Å². The summed E-state index contributed by atoms with van der Waals surface area (Å²) < 4.78 is 15.6. The number of halogens is 1. The number of imidazole rings is 1. The van der Waals surface area contributed by atoms with E-state index >= 15 is 0 Å². The van der Waals surface area contributed by atoms with E-state index in [1.165, 1.54) is 6.07 Å². The molecular formula is C17H18FN3. The average Bonchev–Trinajstić information content (AvgIpc) is 2.82. The van der Waals surface area contributed by atoms with Crippen LogP contribution in [-0.2, 0) is 20.0 Å². The molecule has 108 valence electrons. The van der Waals surface area contributed by atoms with Crippen LogP contribution in [0.15, 0.2) is 48.5 Å². The van der Waals surface area contributed by atoms with Crippen molar-refractivity contribution in [3.8, 4) is 0 Å². The molecule has 3 rings (SSSR count). The van der Waals surface area contributed by atoms with E-state index in [1.807, 2.05) is 31.3 Å². The molecular weight excluding hydrogens is 265 g/mol. The number of aromatic nitrogens is 2. The number of benzene rings is 2. The Bertz CT molecular complexity index is 749. The summed E-state index contributed by atoms with van der Waals surface area (Å²) in [5, 5.41) is 3.27. The fourth-order valence-electron chi connectivity index (χ4n) is 2.48. The normalized spacial score (nSPS) is 11.1. The van der Waals surface area contributed by atoms with Crippen LogP contribution in [0.2, 0.25) is 0 Å². The zero-order valence-electron chi connectivity index (χ0n) is 12.0. The molecule has 0 aliphatic heterocycles. The molecule has 1 heterocycles. The Morgan fingerprint density at radius 2 is 1.86 bits per heavy atom. The van der Waals surface area contributed by atoms with Crippen LogP contribution in [0.5, 0.6) is 0 Å². The van der Waals surface area contributed by atoms with Crippen LogP contribution in [0.3, 0.4) is 0 Å². The zero-order valence-corrected chi connectivity index (χ0v) is 12.0. The van der Waals surface area contributed by atoms with Gasteiger partial charge in [0.15, 0.2) is 0 Å². The minimum atomic E-state index is -0.160. The molecule has 3 aromatic rings. The predicted octanol–water partition coefficient (Wildman–Crippen LogP) is 3.04. The van der Waals surface area contributed by atoms with E-state index in [0.29, 0.717) is 12.1 Å². The molecule has 0 bridgehead atoms. The molecule has 4 heteroatoms. The Balaban J connectivity index is 1.60. The van der Waals surface area contributed by atoms with Crippen LogP contribution < -0.4 is 5.32 Å². The second-order valence-electron chi connectivity index (χ2n) is 5.09. The average molecular weight is 283 g/mol. The van der Waals surface area contributed by atoms with Crippen molar-refractivity contribution in [1.82, 2.24) is 14.9 Å². The van der Waals surface area contributed by atoms with Gasteiger partial charge in [0.2, 0.25) is 0 Å². The first-order valence-electron chi connectivity index (χ1n) is 7.10. The fraction of sp³-hybridized carbons (Fsp3) is 0.235. The smallest absolute Gasteiger partial charge is 0.127 e. The van der Waals surface area contributed by atoms with E-state index in [0.717, 1.165) is 29.8 Å². The highest BCUT2D eigenvalue weighted by atomic mass is 19.1. The van der Waals surface area contributed by atoms with Crippen molar-refractivity contribution < 1.29 is 4.39 Å². The SMILES string of the molecule is Cn1c(CCNCc2ccccc2F)nc2ccccc21. The van der Waals surface area contributed by atoms with Gasteiger partial charge in [-0.25, -0.2) is 9.37 Å². The van der Waals surface area contributed by atoms with E-state index < -0.39 is 0 Å². The summed E-state index contributed by atoms with van der Waals surface area (Å²) in [5.41, 5.74) is 2.85. The quantitative estimate of drug-likeness (QED) is 0.729. The summed E-state index contributed by atoms with van der Waals surface area (Å²) in [6.07, 6.45) is 0.819. The Hall–Kier alpha value is -2.20. The van der Waals surface area contributed by atoms with Crippen molar-refractivity contribution >= 4 is 11.0 Å². The third-order valence-electron chi connectivity index (χ3n) is 3.68. The molecule has 2 aromatic carbocycles. The minimum absolute atomic E-state index is 0.160. The monoisotopic (exact) mass is 283 g/mol. The van der Waals surface area contributed by atoms with Crippen molar-refractivity contribution in [3.05, 3.63) is 65.7 Å². The lowest BCUT2D eigenvalue weighted by Gasteiger charge is -2.06. The Kier molecular flexibility index (Phi) is 3.97. The van der Waals surface area contributed by atoms with Gasteiger partial charge in [-0.3, -0.25) is 0 Å². The molecule has 0 spiro atoms. The lowest BCUT2D eigenvalue weighted by molar-refractivity contribution is 0.585. The van der Waals surface area contributed by atoms with Crippen molar-refractivity contribution in [2.45, 2.75) is 13.0 Å². The number of nitrogens with zero attached hydrogens (tertiary/aromatic N) is 2. The highest BCUT2D eigenvalue weighted by Gasteiger charge is 2.06. The van der Waals surface area contributed by atoms with E-state index in [4.69, 9.17) is 0 Å². The van der Waals surface area contributed by atoms with Gasteiger partial charge < -0.3 is 9.88 Å². The number of hydrogen-bond acceptors (Lipinski definition) is 2. The van der Waals surface area contributed by atoms with E-state index in [1.54, 1.807) is 12.1 Å². The third-order valence-corrected chi connectivity index (χ3v) is 3.68. The van der Waals surface area contributed by atoms with Gasteiger partial charge in [0.1, 0.15) is 11.6 Å². The number of fused-ring (bicyclic) bond motifs is 1. The number of aryl methyl sites for hydroxylation is 1. The predicted molar refractivity (Wildman–Crippen MR) is 82.5 cm³/mol. The van der Waals surface area contributed by atoms with E-state index in [9.17, 15) is 4.39 Å². The van der Waals surface area contributed by atoms with Gasteiger partial charge in [0.05, 0.1) is 11.0 Å². The van der Waals surface area contributed by atoms with E-state index in [-0.39, 0.29) is 5.82 Å². The number of nitrogens with one attached hydrogen (secondary N) is 1. The Morgan fingerprint density at radius 3 is 2.67 bits per heavy atom. The highest BCUT2D eigenvalue weighted by Crippen LogP contribution is 2.14. The van der Waals surface area contributed by atoms with Gasteiger partial charge in [0, 0.05) is 32.1 Å². The first kappa shape index (κ1) is 13.8. The maximum absolute atomic E-state index is 13.5. The van der Waals surface area contributed by atoms with Crippen molar-refractivity contribution in [2.75, 3.05) is 6.54 Å². The molecule has 0 saturated carbocycles. The maximum atomic E-state index is 13.5. The Labute approximate surface area is 123 Å². The first-order chi connectivity index (χ1) is 10.3.